The van der Waals surface area contributed by atoms with Crippen LogP contribution < -0.4 is 10.2 Å². The lowest BCUT2D eigenvalue weighted by Crippen LogP contribution is -2.31. The fourth-order valence-corrected chi connectivity index (χ4v) is 6.45. The number of fused-ring (bicyclic) bond motifs is 2. The number of benzene rings is 2. The maximum atomic E-state index is 5.29. The second-order valence-corrected chi connectivity index (χ2v) is 11.5. The molecule has 0 amide bonds. The van der Waals surface area contributed by atoms with E-state index in [4.69, 9.17) is 15.1 Å². The van der Waals surface area contributed by atoms with Gasteiger partial charge in [-0.25, -0.2) is 14.6 Å². The van der Waals surface area contributed by atoms with Gasteiger partial charge in [0.1, 0.15) is 0 Å². The fraction of sp³-hybridized carbons (Fsp3) is 0.323. The Hall–Kier alpha value is -3.50. The number of hydrogen-bond donors (Lipinski definition) is 0. The van der Waals surface area contributed by atoms with Gasteiger partial charge in [-0.2, -0.15) is 5.10 Å². The van der Waals surface area contributed by atoms with Gasteiger partial charge in [-0.3, -0.25) is 0 Å². The van der Waals surface area contributed by atoms with Crippen LogP contribution in [0, 0.1) is 20.8 Å². The Morgan fingerprint density at radius 3 is 2.37 bits per heavy atom. The number of rotatable bonds is 4. The number of aromatic nitrogens is 5. The minimum absolute atomic E-state index is 0.412. The predicted molar refractivity (Wildman–Crippen MR) is 160 cm³/mol. The van der Waals surface area contributed by atoms with Crippen molar-refractivity contribution in [3.63, 3.8) is 0 Å². The highest BCUT2D eigenvalue weighted by Gasteiger charge is 2.30. The number of aryl methyl sites for hydroxylation is 4. The molecule has 0 radical (unpaired) electrons. The van der Waals surface area contributed by atoms with Crippen LogP contribution in [0.25, 0.3) is 27.8 Å². The first-order valence-corrected chi connectivity index (χ1v) is 13.9. The molecule has 1 aliphatic rings. The maximum absolute atomic E-state index is 5.29. The average molecular weight is 523 g/mol. The van der Waals surface area contributed by atoms with Crippen molar-refractivity contribution in [3.05, 3.63) is 82.4 Å². The Kier molecular flexibility index (Phi) is 6.11. The minimum Gasteiger partial charge on any atom is -0.350 e. The van der Waals surface area contributed by atoms with Gasteiger partial charge in [0, 0.05) is 61.7 Å². The molecule has 0 fully saturated rings. The van der Waals surface area contributed by atoms with Crippen molar-refractivity contribution in [1.29, 1.82) is 0 Å². The van der Waals surface area contributed by atoms with E-state index in [2.05, 4.69) is 102 Å². The van der Waals surface area contributed by atoms with Gasteiger partial charge in [-0.1, -0.05) is 32.0 Å². The molecule has 7 heteroatoms. The molecule has 0 bridgehead atoms. The zero-order valence-corrected chi connectivity index (χ0v) is 24.2. The van der Waals surface area contributed by atoms with Crippen LogP contribution in [0.5, 0.6) is 0 Å². The predicted octanol–water partition coefficient (Wildman–Crippen LogP) is 5.93. The summed E-state index contributed by atoms with van der Waals surface area (Å²) in [5, 5.41) is 7.73. The smallest absolute Gasteiger partial charge is 0.225 e. The lowest BCUT2D eigenvalue weighted by atomic mass is 9.96. The molecule has 6 rings (SSSR count). The van der Waals surface area contributed by atoms with E-state index >= 15 is 0 Å². The molecular weight excluding hydrogens is 487 g/mol. The molecule has 3 aromatic heterocycles. The van der Waals surface area contributed by atoms with Crippen molar-refractivity contribution >= 4 is 31.4 Å². The zero-order chi connectivity index (χ0) is 26.7. The van der Waals surface area contributed by atoms with E-state index in [0.717, 1.165) is 42.4 Å². The van der Waals surface area contributed by atoms with Crippen molar-refractivity contribution in [1.82, 2.24) is 24.3 Å². The summed E-state index contributed by atoms with van der Waals surface area (Å²) in [6.07, 6.45) is 6.95. The quantitative estimate of drug-likeness (QED) is 0.275. The third kappa shape index (κ3) is 3.94. The topological polar surface area (TPSA) is 51.8 Å². The van der Waals surface area contributed by atoms with Crippen LogP contribution in [0.1, 0.15) is 53.3 Å². The lowest BCUT2D eigenvalue weighted by Gasteiger charge is -2.27. The van der Waals surface area contributed by atoms with E-state index in [9.17, 15) is 0 Å². The van der Waals surface area contributed by atoms with Gasteiger partial charge in [-0.15, -0.1) is 9.24 Å². The van der Waals surface area contributed by atoms with E-state index in [1.165, 1.54) is 49.7 Å². The largest absolute Gasteiger partial charge is 0.350 e. The van der Waals surface area contributed by atoms with Crippen LogP contribution in [-0.4, -0.2) is 30.9 Å². The molecule has 5 aromatic rings. The van der Waals surface area contributed by atoms with Gasteiger partial charge in [-0.05, 0) is 66.4 Å². The van der Waals surface area contributed by atoms with Gasteiger partial charge in [0.15, 0.2) is 0 Å². The van der Waals surface area contributed by atoms with E-state index in [-0.39, 0.29) is 0 Å². The van der Waals surface area contributed by atoms with E-state index in [0.29, 0.717) is 5.92 Å². The Labute approximate surface area is 226 Å². The van der Waals surface area contributed by atoms with Crippen LogP contribution >= 0.6 is 9.24 Å². The number of anilines is 1. The van der Waals surface area contributed by atoms with E-state index < -0.39 is 0 Å². The second-order valence-electron chi connectivity index (χ2n) is 10.9. The minimum atomic E-state index is 0.412. The van der Waals surface area contributed by atoms with Gasteiger partial charge < -0.3 is 9.47 Å². The molecule has 0 N–H and O–H groups in total. The third-order valence-electron chi connectivity index (χ3n) is 7.91. The summed E-state index contributed by atoms with van der Waals surface area (Å²) >= 11 is 0. The van der Waals surface area contributed by atoms with Crippen molar-refractivity contribution in [2.45, 2.75) is 53.5 Å². The van der Waals surface area contributed by atoms with Gasteiger partial charge in [0.2, 0.25) is 5.95 Å². The molecular formula is C31H35N6P. The summed E-state index contributed by atoms with van der Waals surface area (Å²) in [6.45, 7) is 12.5. The first-order chi connectivity index (χ1) is 18.2. The molecule has 0 aliphatic carbocycles. The lowest BCUT2D eigenvalue weighted by molar-refractivity contribution is 0.692. The molecule has 6 nitrogen and oxygen atoms in total. The SMILES string of the molecule is Cc1cccc(C)c1-n1nc2c(c1-c1c(P)cc(C)c3c1ccn3C)CN(c1ncc(C(C)C)cn1)CC2. The standard InChI is InChI=1S/C31H35N6P/c1-18(2)22-15-32-31(33-16-22)36-13-11-25-24(17-36)30(37(34-25)28-19(3)8-7-9-20(28)4)27-23-10-12-35(6)29(23)21(5)14-26(27)38/h7-10,12,14-16,18H,11,13,17,38H2,1-6H3. The zero-order valence-electron chi connectivity index (χ0n) is 23.1. The summed E-state index contributed by atoms with van der Waals surface area (Å²) in [5.74, 6) is 1.19. The molecule has 38 heavy (non-hydrogen) atoms. The molecule has 1 aliphatic heterocycles. The molecule has 1 unspecified atom stereocenters. The van der Waals surface area contributed by atoms with Crippen LogP contribution in [0.15, 0.2) is 48.9 Å². The van der Waals surface area contributed by atoms with Gasteiger partial charge in [0.25, 0.3) is 0 Å². The number of hydrogen-bond acceptors (Lipinski definition) is 4. The van der Waals surface area contributed by atoms with Crippen LogP contribution in [0.2, 0.25) is 0 Å². The Morgan fingerprint density at radius 1 is 0.974 bits per heavy atom. The third-order valence-corrected chi connectivity index (χ3v) is 8.36. The first-order valence-electron chi connectivity index (χ1n) is 13.3. The van der Waals surface area contributed by atoms with Crippen molar-refractivity contribution in [2.75, 3.05) is 11.4 Å². The van der Waals surface area contributed by atoms with Crippen molar-refractivity contribution in [2.24, 2.45) is 7.05 Å². The van der Waals surface area contributed by atoms with E-state index in [1.807, 2.05) is 12.4 Å². The van der Waals surface area contributed by atoms with Crippen LogP contribution in [-0.2, 0) is 20.0 Å². The summed E-state index contributed by atoms with van der Waals surface area (Å²) in [4.78, 5) is 11.8. The van der Waals surface area contributed by atoms with Crippen molar-refractivity contribution in [3.8, 4) is 16.9 Å². The van der Waals surface area contributed by atoms with Gasteiger partial charge >= 0.3 is 0 Å². The molecule has 1 atom stereocenters. The molecule has 194 valence electrons. The summed E-state index contributed by atoms with van der Waals surface area (Å²) in [6, 6.07) is 11.0. The maximum Gasteiger partial charge on any atom is 0.225 e. The first kappa shape index (κ1) is 24.8. The van der Waals surface area contributed by atoms with Crippen molar-refractivity contribution < 1.29 is 0 Å². The van der Waals surface area contributed by atoms with Gasteiger partial charge in [0.05, 0.1) is 22.6 Å². The van der Waals surface area contributed by atoms with E-state index in [1.54, 1.807) is 0 Å². The van der Waals surface area contributed by atoms with Crippen LogP contribution in [0.4, 0.5) is 5.95 Å². The molecule has 0 saturated heterocycles. The highest BCUT2D eigenvalue weighted by Crippen LogP contribution is 2.39. The highest BCUT2D eigenvalue weighted by molar-refractivity contribution is 7.28. The summed E-state index contributed by atoms with van der Waals surface area (Å²) < 4.78 is 4.44. The fourth-order valence-electron chi connectivity index (χ4n) is 5.91. The monoisotopic (exact) mass is 522 g/mol. The Morgan fingerprint density at radius 2 is 1.68 bits per heavy atom. The number of para-hydroxylation sites is 1. The second kappa shape index (κ2) is 9.36. The Bertz CT molecular complexity index is 1660. The molecule has 0 saturated carbocycles. The molecule has 2 aromatic carbocycles. The summed E-state index contributed by atoms with van der Waals surface area (Å²) in [5.41, 5.74) is 12.1. The normalized spacial score (nSPS) is 13.5. The molecule has 0 spiro atoms. The highest BCUT2D eigenvalue weighted by atomic mass is 31.0. The number of nitrogens with zero attached hydrogens (tertiary/aromatic N) is 6. The van der Waals surface area contributed by atoms with Crippen LogP contribution in [0.3, 0.4) is 0 Å². The molecule has 4 heterocycles. The average Bonchev–Trinajstić information content (AvgIpc) is 3.45. The Balaban J connectivity index is 1.59. The summed E-state index contributed by atoms with van der Waals surface area (Å²) in [7, 11) is 5.13.